The molecule has 0 saturated carbocycles. The Morgan fingerprint density at radius 3 is 2.86 bits per heavy atom. The van der Waals surface area contributed by atoms with E-state index in [0.29, 0.717) is 5.56 Å². The molecule has 14 heavy (non-hydrogen) atoms. The van der Waals surface area contributed by atoms with Gasteiger partial charge in [0, 0.05) is 19.5 Å². The molecule has 0 aliphatic rings. The van der Waals surface area contributed by atoms with Gasteiger partial charge in [-0.15, -0.1) is 0 Å². The number of rotatable bonds is 3. The molecule has 0 atom stereocenters. The van der Waals surface area contributed by atoms with Crippen molar-refractivity contribution in [3.8, 4) is 0 Å². The van der Waals surface area contributed by atoms with Crippen LogP contribution in [0.4, 0.5) is 0 Å². The smallest absolute Gasteiger partial charge is 0.300 e. The minimum absolute atomic E-state index is 0.357. The van der Waals surface area contributed by atoms with Crippen LogP contribution in [0.15, 0.2) is 24.5 Å². The summed E-state index contributed by atoms with van der Waals surface area (Å²) in [4.78, 5) is 15.2. The highest BCUT2D eigenvalue weighted by molar-refractivity contribution is 6.47. The number of carbonyl (C=O) groups excluding carboxylic acids is 1. The average molecular weight is 235 g/mol. The molecule has 1 amide bonds. The Bertz CT molecular complexity index is 316. The van der Waals surface area contributed by atoms with Crippen molar-refractivity contribution in [2.45, 2.75) is 4.64 Å². The van der Waals surface area contributed by atoms with Gasteiger partial charge < -0.3 is 4.74 Å². The molecule has 1 aromatic heterocycles. The van der Waals surface area contributed by atoms with Crippen LogP contribution in [-0.4, -0.2) is 22.6 Å². The third-order valence-corrected chi connectivity index (χ3v) is 1.94. The molecular weight excluding hydrogens is 227 g/mol. The van der Waals surface area contributed by atoms with Gasteiger partial charge in [-0.05, 0) is 35.3 Å². The van der Waals surface area contributed by atoms with Gasteiger partial charge >= 0.3 is 4.64 Å². The summed E-state index contributed by atoms with van der Waals surface area (Å²) in [6, 6.07) is 3.22. The number of carbonyl (C=O) groups is 1. The molecule has 0 unspecified atom stereocenters. The van der Waals surface area contributed by atoms with Crippen molar-refractivity contribution in [1.82, 2.24) is 10.3 Å². The van der Waals surface area contributed by atoms with Crippen molar-refractivity contribution in [2.24, 2.45) is 0 Å². The Kier molecular flexibility index (Phi) is 3.69. The van der Waals surface area contributed by atoms with Gasteiger partial charge in [0.2, 0.25) is 0 Å². The van der Waals surface area contributed by atoms with Crippen molar-refractivity contribution in [3.05, 3.63) is 30.1 Å². The number of aromatic nitrogens is 1. The molecule has 0 bridgehead atoms. The quantitative estimate of drug-likeness (QED) is 0.491. The second kappa shape index (κ2) is 4.59. The zero-order valence-corrected chi connectivity index (χ0v) is 8.84. The number of alkyl halides is 2. The minimum Gasteiger partial charge on any atom is -0.333 e. The van der Waals surface area contributed by atoms with E-state index in [9.17, 15) is 4.79 Å². The van der Waals surface area contributed by atoms with Crippen LogP contribution in [0.1, 0.15) is 10.4 Å². The molecule has 0 radical (unpaired) electrons. The maximum atomic E-state index is 11.4. The molecule has 1 aromatic rings. The highest BCUT2D eigenvalue weighted by Gasteiger charge is 2.25. The molecule has 4 nitrogen and oxygen atoms in total. The molecular formula is C8H8Cl2N2O2. The summed E-state index contributed by atoms with van der Waals surface area (Å²) in [7, 11) is 1.28. The predicted octanol–water partition coefficient (Wildman–Crippen LogP) is 1.55. The van der Waals surface area contributed by atoms with Crippen LogP contribution in [0, 0.1) is 0 Å². The molecule has 1 N–H and O–H groups in total. The normalized spacial score (nSPS) is 11.1. The minimum atomic E-state index is -1.72. The number of nitrogens with zero attached hydrogens (tertiary/aromatic N) is 1. The maximum Gasteiger partial charge on any atom is 0.300 e. The fourth-order valence-electron chi connectivity index (χ4n) is 0.752. The largest absolute Gasteiger partial charge is 0.333 e. The molecule has 0 spiro atoms. The van der Waals surface area contributed by atoms with Crippen LogP contribution in [0.25, 0.3) is 0 Å². The van der Waals surface area contributed by atoms with Gasteiger partial charge in [0.15, 0.2) is 0 Å². The number of hydrogen-bond acceptors (Lipinski definition) is 3. The van der Waals surface area contributed by atoms with Crippen LogP contribution in [0.3, 0.4) is 0 Å². The number of nitrogens with one attached hydrogen (secondary N) is 1. The standard InChI is InChI=1S/C8H8Cl2N2O2/c1-14-8(9,10)12-7(13)6-3-2-4-11-5-6/h2-5H,1H3,(H,12,13). The fourth-order valence-corrected chi connectivity index (χ4v) is 0.924. The Morgan fingerprint density at radius 2 is 2.36 bits per heavy atom. The molecule has 1 heterocycles. The van der Waals surface area contributed by atoms with Gasteiger partial charge in [-0.25, -0.2) is 0 Å². The summed E-state index contributed by atoms with van der Waals surface area (Å²) in [6.07, 6.45) is 2.95. The lowest BCUT2D eigenvalue weighted by atomic mass is 10.3. The topological polar surface area (TPSA) is 51.2 Å². The monoisotopic (exact) mass is 234 g/mol. The molecule has 0 aromatic carbocycles. The van der Waals surface area contributed by atoms with E-state index in [1.807, 2.05) is 0 Å². The Balaban J connectivity index is 2.69. The first-order valence-electron chi connectivity index (χ1n) is 3.70. The van der Waals surface area contributed by atoms with Crippen LogP contribution in [0.5, 0.6) is 0 Å². The summed E-state index contributed by atoms with van der Waals surface area (Å²) in [6.45, 7) is 0. The zero-order chi connectivity index (χ0) is 10.6. The summed E-state index contributed by atoms with van der Waals surface area (Å²) >= 11 is 11.1. The first-order valence-corrected chi connectivity index (χ1v) is 4.46. The summed E-state index contributed by atoms with van der Waals surface area (Å²) in [5.74, 6) is -0.454. The molecule has 0 fully saturated rings. The summed E-state index contributed by atoms with van der Waals surface area (Å²) in [5, 5.41) is 2.25. The molecule has 0 saturated heterocycles. The van der Waals surface area contributed by atoms with Crippen molar-refractivity contribution < 1.29 is 9.53 Å². The Labute approximate surface area is 91.2 Å². The molecule has 0 aliphatic heterocycles. The third-order valence-electron chi connectivity index (χ3n) is 1.44. The first-order chi connectivity index (χ1) is 6.55. The SMILES string of the molecule is COC(Cl)(Cl)NC(=O)c1cccnc1. The predicted molar refractivity (Wildman–Crippen MR) is 53.1 cm³/mol. The van der Waals surface area contributed by atoms with Gasteiger partial charge in [-0.1, -0.05) is 0 Å². The van der Waals surface area contributed by atoms with Gasteiger partial charge in [0.05, 0.1) is 5.56 Å². The summed E-state index contributed by atoms with van der Waals surface area (Å²) < 4.78 is 2.89. The Morgan fingerprint density at radius 1 is 1.64 bits per heavy atom. The van der Waals surface area contributed by atoms with E-state index in [0.717, 1.165) is 0 Å². The van der Waals surface area contributed by atoms with Crippen LogP contribution in [-0.2, 0) is 4.74 Å². The number of halogens is 2. The average Bonchev–Trinajstić information content (AvgIpc) is 2.19. The number of hydrogen-bond donors (Lipinski definition) is 1. The van der Waals surface area contributed by atoms with Crippen LogP contribution in [0.2, 0.25) is 0 Å². The molecule has 0 aliphatic carbocycles. The number of ether oxygens (including phenoxy) is 1. The van der Waals surface area contributed by atoms with E-state index in [-0.39, 0.29) is 0 Å². The van der Waals surface area contributed by atoms with Gasteiger partial charge in [0.25, 0.3) is 5.91 Å². The van der Waals surface area contributed by atoms with E-state index in [1.54, 1.807) is 18.3 Å². The number of pyridine rings is 1. The Hall–Kier alpha value is -0.840. The van der Waals surface area contributed by atoms with Crippen molar-refractivity contribution in [1.29, 1.82) is 0 Å². The van der Waals surface area contributed by atoms with E-state index >= 15 is 0 Å². The van der Waals surface area contributed by atoms with Gasteiger partial charge in [-0.2, -0.15) is 0 Å². The van der Waals surface area contributed by atoms with Gasteiger partial charge in [0.1, 0.15) is 0 Å². The van der Waals surface area contributed by atoms with E-state index in [1.165, 1.54) is 13.3 Å². The number of amides is 1. The second-order valence-electron chi connectivity index (χ2n) is 2.42. The van der Waals surface area contributed by atoms with E-state index in [4.69, 9.17) is 23.2 Å². The van der Waals surface area contributed by atoms with E-state index in [2.05, 4.69) is 15.0 Å². The third kappa shape index (κ3) is 3.14. The highest BCUT2D eigenvalue weighted by atomic mass is 35.5. The van der Waals surface area contributed by atoms with Crippen molar-refractivity contribution in [3.63, 3.8) is 0 Å². The lowest BCUT2D eigenvalue weighted by molar-refractivity contribution is 0.0716. The van der Waals surface area contributed by atoms with Crippen molar-refractivity contribution in [2.75, 3.05) is 7.11 Å². The molecule has 1 rings (SSSR count). The van der Waals surface area contributed by atoms with E-state index < -0.39 is 10.6 Å². The maximum absolute atomic E-state index is 11.4. The first kappa shape index (κ1) is 11.2. The lowest BCUT2D eigenvalue weighted by Crippen LogP contribution is -2.40. The number of methoxy groups -OCH3 is 1. The lowest BCUT2D eigenvalue weighted by Gasteiger charge is -2.18. The van der Waals surface area contributed by atoms with Crippen molar-refractivity contribution >= 4 is 29.1 Å². The zero-order valence-electron chi connectivity index (χ0n) is 7.33. The van der Waals surface area contributed by atoms with Crippen LogP contribution >= 0.6 is 23.2 Å². The van der Waals surface area contributed by atoms with Gasteiger partial charge in [-0.3, -0.25) is 15.1 Å². The fraction of sp³-hybridized carbons (Fsp3) is 0.250. The molecule has 6 heteroatoms. The second-order valence-corrected chi connectivity index (χ2v) is 3.67. The highest BCUT2D eigenvalue weighted by Crippen LogP contribution is 2.17. The summed E-state index contributed by atoms with van der Waals surface area (Å²) in [5.41, 5.74) is 0.357. The van der Waals surface area contributed by atoms with Crippen LogP contribution < -0.4 is 5.32 Å². The molecule has 76 valence electrons.